The van der Waals surface area contributed by atoms with E-state index in [1.807, 2.05) is 27.7 Å². The molecule has 1 saturated heterocycles. The first kappa shape index (κ1) is 15.8. The predicted molar refractivity (Wildman–Crippen MR) is 89.0 cm³/mol. The monoisotopic (exact) mass is 341 g/mol. The fourth-order valence-corrected chi connectivity index (χ4v) is 3.36. The van der Waals surface area contributed by atoms with E-state index >= 15 is 0 Å². The number of carbonyl (C=O) groups excluding carboxylic acids is 1. The van der Waals surface area contributed by atoms with Gasteiger partial charge in [0.05, 0.1) is 24.0 Å². The number of aromatic nitrogens is 4. The number of hydrogen-bond acceptors (Lipinski definition) is 6. The highest BCUT2D eigenvalue weighted by Gasteiger charge is 2.27. The van der Waals surface area contributed by atoms with Crippen LogP contribution >= 0.6 is 0 Å². The molecule has 0 unspecified atom stereocenters. The third-order valence-corrected chi connectivity index (χ3v) is 4.73. The van der Waals surface area contributed by atoms with Crippen LogP contribution in [-0.4, -0.2) is 55.3 Å². The summed E-state index contributed by atoms with van der Waals surface area (Å²) in [4.78, 5) is 23.1. The van der Waals surface area contributed by atoms with Gasteiger partial charge >= 0.3 is 0 Å². The number of aliphatic hydroxyl groups is 1. The number of likely N-dealkylation sites (tertiary alicyclic amines) is 1. The molecule has 1 aromatic carbocycles. The summed E-state index contributed by atoms with van der Waals surface area (Å²) in [5.41, 5.74) is 2.32. The van der Waals surface area contributed by atoms with Crippen LogP contribution in [0.3, 0.4) is 0 Å². The molecule has 0 saturated carbocycles. The van der Waals surface area contributed by atoms with Crippen LogP contribution in [0, 0.1) is 0 Å². The molecule has 1 amide bonds. The number of hydrogen-bond donors (Lipinski definition) is 1. The van der Waals surface area contributed by atoms with Gasteiger partial charge in [0.2, 0.25) is 6.39 Å². The van der Waals surface area contributed by atoms with Crippen molar-refractivity contribution < 1.29 is 14.4 Å². The molecule has 0 spiro atoms. The van der Waals surface area contributed by atoms with E-state index in [1.165, 1.54) is 6.39 Å². The van der Waals surface area contributed by atoms with Crippen molar-refractivity contribution in [2.24, 2.45) is 0 Å². The van der Waals surface area contributed by atoms with Crippen molar-refractivity contribution in [2.45, 2.75) is 25.3 Å². The van der Waals surface area contributed by atoms with E-state index in [9.17, 15) is 4.79 Å². The van der Waals surface area contributed by atoms with E-state index in [2.05, 4.69) is 15.1 Å². The summed E-state index contributed by atoms with van der Waals surface area (Å²) in [6, 6.07) is 5.53. The number of rotatable bonds is 4. The van der Waals surface area contributed by atoms with Crippen LogP contribution in [0.5, 0.6) is 0 Å². The lowest BCUT2D eigenvalue weighted by atomic mass is 9.95. The van der Waals surface area contributed by atoms with Crippen LogP contribution < -0.4 is 0 Å². The van der Waals surface area contributed by atoms with Crippen molar-refractivity contribution in [3.8, 4) is 0 Å². The first-order valence-corrected chi connectivity index (χ1v) is 8.37. The molecule has 0 atom stereocenters. The lowest BCUT2D eigenvalue weighted by Gasteiger charge is -2.30. The van der Waals surface area contributed by atoms with Gasteiger partial charge in [-0.25, -0.2) is 4.98 Å². The molecule has 4 rings (SSSR count). The Bertz CT molecular complexity index is 866. The van der Waals surface area contributed by atoms with Gasteiger partial charge in [0, 0.05) is 31.1 Å². The van der Waals surface area contributed by atoms with Crippen LogP contribution in [-0.2, 0) is 6.54 Å². The second-order valence-electron chi connectivity index (χ2n) is 6.22. The summed E-state index contributed by atoms with van der Waals surface area (Å²) in [5.74, 6) is 0.993. The second-order valence-corrected chi connectivity index (χ2v) is 6.22. The molecule has 3 aromatic rings. The van der Waals surface area contributed by atoms with E-state index in [-0.39, 0.29) is 18.4 Å². The molecule has 3 heterocycles. The normalized spacial score (nSPS) is 15.8. The average Bonchev–Trinajstić information content (AvgIpc) is 3.32. The van der Waals surface area contributed by atoms with E-state index in [0.717, 1.165) is 29.7 Å². The molecule has 0 bridgehead atoms. The summed E-state index contributed by atoms with van der Waals surface area (Å²) < 4.78 is 6.68. The zero-order valence-electron chi connectivity index (χ0n) is 13.7. The Labute approximate surface area is 144 Å². The number of fused-ring (bicyclic) bond motifs is 1. The van der Waals surface area contributed by atoms with E-state index in [4.69, 9.17) is 9.63 Å². The highest BCUT2D eigenvalue weighted by molar-refractivity contribution is 5.97. The van der Waals surface area contributed by atoms with Gasteiger partial charge in [-0.05, 0) is 31.0 Å². The summed E-state index contributed by atoms with van der Waals surface area (Å²) in [6.07, 6.45) is 4.70. The van der Waals surface area contributed by atoms with Crippen LogP contribution in [0.25, 0.3) is 11.0 Å². The van der Waals surface area contributed by atoms with Crippen molar-refractivity contribution in [1.82, 2.24) is 24.6 Å². The largest absolute Gasteiger partial charge is 0.395 e. The van der Waals surface area contributed by atoms with Gasteiger partial charge < -0.3 is 19.1 Å². The maximum atomic E-state index is 12.8. The Kier molecular flexibility index (Phi) is 4.19. The topological polar surface area (TPSA) is 97.3 Å². The molecule has 0 aliphatic carbocycles. The minimum atomic E-state index is 0.0187. The molecule has 1 fully saturated rings. The van der Waals surface area contributed by atoms with E-state index in [0.29, 0.717) is 25.2 Å². The number of amides is 1. The molecule has 0 radical (unpaired) electrons. The van der Waals surface area contributed by atoms with Gasteiger partial charge in [-0.1, -0.05) is 5.16 Å². The maximum absolute atomic E-state index is 12.8. The van der Waals surface area contributed by atoms with Crippen molar-refractivity contribution in [3.63, 3.8) is 0 Å². The standard InChI is InChI=1S/C17H19N5O3/c23-8-7-22-10-18-14-9-13(1-2-15(14)22)17(24)21-5-3-12(4-6-21)16-19-11-25-20-16/h1-2,9-12,23H,3-8H2. The number of nitrogens with zero attached hydrogens (tertiary/aromatic N) is 5. The number of piperidine rings is 1. The van der Waals surface area contributed by atoms with Gasteiger partial charge in [0.15, 0.2) is 5.82 Å². The predicted octanol–water partition coefficient (Wildman–Crippen LogP) is 1.43. The molecular formula is C17H19N5O3. The van der Waals surface area contributed by atoms with Crippen molar-refractivity contribution in [1.29, 1.82) is 0 Å². The number of imidazole rings is 1. The van der Waals surface area contributed by atoms with Gasteiger partial charge in [0.25, 0.3) is 5.91 Å². The molecule has 130 valence electrons. The number of benzene rings is 1. The van der Waals surface area contributed by atoms with Crippen LogP contribution in [0.15, 0.2) is 35.4 Å². The second kappa shape index (κ2) is 6.64. The first-order valence-electron chi connectivity index (χ1n) is 8.37. The molecule has 8 heteroatoms. The zero-order chi connectivity index (χ0) is 17.2. The van der Waals surface area contributed by atoms with Crippen LogP contribution in [0.1, 0.15) is 34.9 Å². The first-order chi connectivity index (χ1) is 12.3. The fourth-order valence-electron chi connectivity index (χ4n) is 3.36. The maximum Gasteiger partial charge on any atom is 0.253 e. The van der Waals surface area contributed by atoms with Gasteiger partial charge in [-0.15, -0.1) is 0 Å². The van der Waals surface area contributed by atoms with E-state index < -0.39 is 0 Å². The Morgan fingerprint density at radius 2 is 2.12 bits per heavy atom. The summed E-state index contributed by atoms with van der Waals surface area (Å²) >= 11 is 0. The molecule has 1 aliphatic heterocycles. The highest BCUT2D eigenvalue weighted by atomic mass is 16.5. The molecule has 8 nitrogen and oxygen atoms in total. The third-order valence-electron chi connectivity index (χ3n) is 4.73. The molecule has 1 aliphatic rings. The molecular weight excluding hydrogens is 322 g/mol. The quantitative estimate of drug-likeness (QED) is 0.771. The van der Waals surface area contributed by atoms with Crippen LogP contribution in [0.4, 0.5) is 0 Å². The Balaban J connectivity index is 1.47. The smallest absolute Gasteiger partial charge is 0.253 e. The number of carbonyl (C=O) groups is 1. The minimum absolute atomic E-state index is 0.0187. The van der Waals surface area contributed by atoms with Gasteiger partial charge in [0.1, 0.15) is 0 Å². The van der Waals surface area contributed by atoms with Crippen molar-refractivity contribution >= 4 is 16.9 Å². The van der Waals surface area contributed by atoms with Crippen LogP contribution in [0.2, 0.25) is 0 Å². The Morgan fingerprint density at radius 3 is 2.84 bits per heavy atom. The summed E-state index contributed by atoms with van der Waals surface area (Å²) in [7, 11) is 0. The molecule has 1 N–H and O–H groups in total. The summed E-state index contributed by atoms with van der Waals surface area (Å²) in [6.45, 7) is 1.90. The Morgan fingerprint density at radius 1 is 1.28 bits per heavy atom. The fraction of sp³-hybridized carbons (Fsp3) is 0.412. The third kappa shape index (κ3) is 3.00. The minimum Gasteiger partial charge on any atom is -0.395 e. The lowest BCUT2D eigenvalue weighted by molar-refractivity contribution is 0.0710. The Hall–Kier alpha value is -2.74. The highest BCUT2D eigenvalue weighted by Crippen LogP contribution is 2.26. The molecule has 25 heavy (non-hydrogen) atoms. The number of aliphatic hydroxyl groups excluding tert-OH is 1. The molecule has 2 aromatic heterocycles. The van der Waals surface area contributed by atoms with Gasteiger partial charge in [-0.2, -0.15) is 4.98 Å². The van der Waals surface area contributed by atoms with Gasteiger partial charge in [-0.3, -0.25) is 4.79 Å². The van der Waals surface area contributed by atoms with Crippen molar-refractivity contribution in [2.75, 3.05) is 19.7 Å². The zero-order valence-corrected chi connectivity index (χ0v) is 13.7. The SMILES string of the molecule is O=C(c1ccc2c(c1)ncn2CCO)N1CCC(c2ncon2)CC1. The van der Waals surface area contributed by atoms with Crippen molar-refractivity contribution in [3.05, 3.63) is 42.3 Å². The summed E-state index contributed by atoms with van der Waals surface area (Å²) in [5, 5.41) is 13.0. The van der Waals surface area contributed by atoms with E-state index in [1.54, 1.807) is 6.33 Å². The lowest BCUT2D eigenvalue weighted by Crippen LogP contribution is -2.38. The average molecular weight is 341 g/mol.